The molecule has 14 heavy (non-hydrogen) atoms. The Labute approximate surface area is 86.3 Å². The lowest BCUT2D eigenvalue weighted by Crippen LogP contribution is -2.23. The Balaban J connectivity index is 2.78. The summed E-state index contributed by atoms with van der Waals surface area (Å²) in [5, 5.41) is 3.24. The maximum absolute atomic E-state index is 5.17. The zero-order valence-corrected chi connectivity index (χ0v) is 9.42. The summed E-state index contributed by atoms with van der Waals surface area (Å²) in [5.74, 6) is 0.934. The summed E-state index contributed by atoms with van der Waals surface area (Å²) in [5.41, 5.74) is 2.68. The molecule has 1 atom stereocenters. The zero-order valence-electron chi connectivity index (χ0n) is 9.42. The number of aryl methyl sites for hydroxylation is 1. The number of hydrogen-bond acceptors (Lipinski definition) is 2. The van der Waals surface area contributed by atoms with Crippen LogP contribution in [0.5, 0.6) is 5.75 Å². The third kappa shape index (κ3) is 2.74. The minimum atomic E-state index is 0.516. The Hall–Kier alpha value is -1.02. The number of nitrogens with one attached hydrogen (secondary N) is 1. The monoisotopic (exact) mass is 193 g/mol. The molecular formula is C12H19NO. The molecule has 0 aliphatic carbocycles. The summed E-state index contributed by atoms with van der Waals surface area (Å²) in [7, 11) is 3.69. The van der Waals surface area contributed by atoms with Crippen molar-refractivity contribution in [3.05, 3.63) is 29.3 Å². The maximum atomic E-state index is 5.17. The summed E-state index contributed by atoms with van der Waals surface area (Å²) < 4.78 is 5.17. The molecule has 1 rings (SSSR count). The average molecular weight is 193 g/mol. The van der Waals surface area contributed by atoms with Gasteiger partial charge in [0.05, 0.1) is 7.11 Å². The molecule has 0 fully saturated rings. The normalized spacial score (nSPS) is 12.6. The van der Waals surface area contributed by atoms with Crippen LogP contribution in [0.1, 0.15) is 18.1 Å². The summed E-state index contributed by atoms with van der Waals surface area (Å²) >= 11 is 0. The molecule has 0 aliphatic heterocycles. The average Bonchev–Trinajstić information content (AvgIpc) is 2.20. The van der Waals surface area contributed by atoms with E-state index in [-0.39, 0.29) is 0 Å². The quantitative estimate of drug-likeness (QED) is 0.791. The third-order valence-electron chi connectivity index (χ3n) is 2.57. The molecule has 0 aromatic heterocycles. The van der Waals surface area contributed by atoms with Gasteiger partial charge in [-0.3, -0.25) is 0 Å². The highest BCUT2D eigenvalue weighted by atomic mass is 16.5. The van der Waals surface area contributed by atoms with Crippen LogP contribution in [0.25, 0.3) is 0 Å². The minimum Gasteiger partial charge on any atom is -0.497 e. The first-order valence-corrected chi connectivity index (χ1v) is 4.98. The van der Waals surface area contributed by atoms with Crippen molar-refractivity contribution >= 4 is 0 Å². The highest BCUT2D eigenvalue weighted by Crippen LogP contribution is 2.17. The van der Waals surface area contributed by atoms with Crippen LogP contribution in [0, 0.1) is 6.92 Å². The maximum Gasteiger partial charge on any atom is 0.119 e. The van der Waals surface area contributed by atoms with Crippen molar-refractivity contribution in [3.8, 4) is 5.75 Å². The molecule has 2 nitrogen and oxygen atoms in total. The summed E-state index contributed by atoms with van der Waals surface area (Å²) in [4.78, 5) is 0. The largest absolute Gasteiger partial charge is 0.497 e. The van der Waals surface area contributed by atoms with E-state index in [1.54, 1.807) is 7.11 Å². The number of rotatable bonds is 4. The Morgan fingerprint density at radius 3 is 2.64 bits per heavy atom. The molecule has 0 heterocycles. The minimum absolute atomic E-state index is 0.516. The van der Waals surface area contributed by atoms with Crippen LogP contribution in [0.2, 0.25) is 0 Å². The molecule has 1 N–H and O–H groups in total. The SMILES string of the molecule is CNC(C)Cc1ccc(OC)cc1C. The molecule has 0 saturated carbocycles. The fourth-order valence-electron chi connectivity index (χ4n) is 1.46. The van der Waals surface area contributed by atoms with Crippen molar-refractivity contribution in [2.75, 3.05) is 14.2 Å². The molecule has 0 radical (unpaired) electrons. The Morgan fingerprint density at radius 2 is 2.14 bits per heavy atom. The molecule has 1 aromatic carbocycles. The fourth-order valence-corrected chi connectivity index (χ4v) is 1.46. The van der Waals surface area contributed by atoms with Crippen LogP contribution in [0.15, 0.2) is 18.2 Å². The van der Waals surface area contributed by atoms with Gasteiger partial charge in [-0.05, 0) is 50.6 Å². The first-order chi connectivity index (χ1) is 6.67. The van der Waals surface area contributed by atoms with Crippen LogP contribution >= 0.6 is 0 Å². The van der Waals surface area contributed by atoms with Gasteiger partial charge in [0, 0.05) is 6.04 Å². The van der Waals surface area contributed by atoms with Crippen molar-refractivity contribution in [2.24, 2.45) is 0 Å². The molecule has 0 amide bonds. The highest BCUT2D eigenvalue weighted by Gasteiger charge is 2.04. The van der Waals surface area contributed by atoms with E-state index in [1.165, 1.54) is 11.1 Å². The van der Waals surface area contributed by atoms with Gasteiger partial charge >= 0.3 is 0 Å². The van der Waals surface area contributed by atoms with Gasteiger partial charge in [-0.2, -0.15) is 0 Å². The van der Waals surface area contributed by atoms with Crippen LogP contribution in [-0.4, -0.2) is 20.2 Å². The van der Waals surface area contributed by atoms with Crippen molar-refractivity contribution in [1.82, 2.24) is 5.32 Å². The Kier molecular flexibility index (Phi) is 3.96. The van der Waals surface area contributed by atoms with Gasteiger partial charge in [-0.1, -0.05) is 6.07 Å². The number of methoxy groups -OCH3 is 1. The first-order valence-electron chi connectivity index (χ1n) is 4.98. The van der Waals surface area contributed by atoms with Crippen molar-refractivity contribution in [1.29, 1.82) is 0 Å². The van der Waals surface area contributed by atoms with E-state index in [2.05, 4.69) is 31.3 Å². The van der Waals surface area contributed by atoms with E-state index in [0.29, 0.717) is 6.04 Å². The number of benzene rings is 1. The molecule has 0 spiro atoms. The van der Waals surface area contributed by atoms with Crippen molar-refractivity contribution in [2.45, 2.75) is 26.3 Å². The van der Waals surface area contributed by atoms with E-state index < -0.39 is 0 Å². The van der Waals surface area contributed by atoms with E-state index >= 15 is 0 Å². The number of ether oxygens (including phenoxy) is 1. The predicted octanol–water partition coefficient (Wildman–Crippen LogP) is 2.15. The second-order valence-electron chi connectivity index (χ2n) is 3.69. The van der Waals surface area contributed by atoms with Gasteiger partial charge < -0.3 is 10.1 Å². The molecule has 1 unspecified atom stereocenters. The number of hydrogen-bond donors (Lipinski definition) is 1. The van der Waals surface area contributed by atoms with Crippen LogP contribution in [-0.2, 0) is 6.42 Å². The molecule has 1 aromatic rings. The van der Waals surface area contributed by atoms with Gasteiger partial charge in [0.2, 0.25) is 0 Å². The van der Waals surface area contributed by atoms with E-state index in [9.17, 15) is 0 Å². The molecule has 78 valence electrons. The van der Waals surface area contributed by atoms with Crippen LogP contribution in [0.4, 0.5) is 0 Å². The fraction of sp³-hybridized carbons (Fsp3) is 0.500. The lowest BCUT2D eigenvalue weighted by molar-refractivity contribution is 0.414. The van der Waals surface area contributed by atoms with E-state index in [4.69, 9.17) is 4.74 Å². The zero-order chi connectivity index (χ0) is 10.6. The first kappa shape index (κ1) is 11.1. The van der Waals surface area contributed by atoms with E-state index in [0.717, 1.165) is 12.2 Å². The van der Waals surface area contributed by atoms with Gasteiger partial charge in [0.15, 0.2) is 0 Å². The van der Waals surface area contributed by atoms with Gasteiger partial charge in [-0.15, -0.1) is 0 Å². The second kappa shape index (κ2) is 5.01. The molecule has 0 aliphatic rings. The number of likely N-dealkylation sites (N-methyl/N-ethyl adjacent to an activating group) is 1. The highest BCUT2D eigenvalue weighted by molar-refractivity contribution is 5.35. The van der Waals surface area contributed by atoms with Gasteiger partial charge in [0.25, 0.3) is 0 Å². The molecule has 0 bridgehead atoms. The van der Waals surface area contributed by atoms with Crippen molar-refractivity contribution in [3.63, 3.8) is 0 Å². The smallest absolute Gasteiger partial charge is 0.119 e. The van der Waals surface area contributed by atoms with Crippen LogP contribution in [0.3, 0.4) is 0 Å². The molecule has 0 saturated heterocycles. The molecular weight excluding hydrogens is 174 g/mol. The summed E-state index contributed by atoms with van der Waals surface area (Å²) in [6.45, 7) is 4.31. The Morgan fingerprint density at radius 1 is 1.43 bits per heavy atom. The standard InChI is InChI=1S/C12H19NO/c1-9-7-12(14-4)6-5-11(9)8-10(2)13-3/h5-7,10,13H,8H2,1-4H3. The lowest BCUT2D eigenvalue weighted by Gasteiger charge is -2.13. The molecule has 2 heteroatoms. The second-order valence-corrected chi connectivity index (χ2v) is 3.69. The predicted molar refractivity (Wildman–Crippen MR) is 60.0 cm³/mol. The van der Waals surface area contributed by atoms with Crippen molar-refractivity contribution < 1.29 is 4.74 Å². The van der Waals surface area contributed by atoms with Crippen LogP contribution < -0.4 is 10.1 Å². The van der Waals surface area contributed by atoms with E-state index in [1.807, 2.05) is 13.1 Å². The summed E-state index contributed by atoms with van der Waals surface area (Å²) in [6.07, 6.45) is 1.06. The topological polar surface area (TPSA) is 21.3 Å². The van der Waals surface area contributed by atoms with Gasteiger partial charge in [0.1, 0.15) is 5.75 Å². The van der Waals surface area contributed by atoms with Gasteiger partial charge in [-0.25, -0.2) is 0 Å². The Bertz CT molecular complexity index is 296. The lowest BCUT2D eigenvalue weighted by atomic mass is 10.0. The summed E-state index contributed by atoms with van der Waals surface area (Å²) in [6, 6.07) is 6.76. The third-order valence-corrected chi connectivity index (χ3v) is 2.57.